The van der Waals surface area contributed by atoms with Crippen LogP contribution in [0.2, 0.25) is 0 Å². The first-order valence-electron chi connectivity index (χ1n) is 4.57. The maximum atomic E-state index is 10.4. The molecule has 1 aromatic rings. The summed E-state index contributed by atoms with van der Waals surface area (Å²) in [7, 11) is 0. The summed E-state index contributed by atoms with van der Waals surface area (Å²) in [6.45, 7) is 2.27. The van der Waals surface area contributed by atoms with Crippen molar-refractivity contribution in [2.75, 3.05) is 6.61 Å². The SMILES string of the molecule is CCC#CCOc1ccc([N+](=O)[O-])cc1. The van der Waals surface area contributed by atoms with Gasteiger partial charge in [0.25, 0.3) is 5.69 Å². The molecule has 4 heteroatoms. The highest BCUT2D eigenvalue weighted by molar-refractivity contribution is 5.36. The van der Waals surface area contributed by atoms with E-state index in [0.717, 1.165) is 6.42 Å². The third kappa shape index (κ3) is 3.69. The van der Waals surface area contributed by atoms with Crippen LogP contribution < -0.4 is 4.74 Å². The predicted octanol–water partition coefficient (Wildman–Crippen LogP) is 2.39. The molecule has 0 aliphatic carbocycles. The number of hydrogen-bond acceptors (Lipinski definition) is 3. The number of ether oxygens (including phenoxy) is 1. The van der Waals surface area contributed by atoms with Gasteiger partial charge >= 0.3 is 0 Å². The molecule has 0 heterocycles. The molecule has 1 aromatic carbocycles. The highest BCUT2D eigenvalue weighted by atomic mass is 16.6. The van der Waals surface area contributed by atoms with Gasteiger partial charge in [0, 0.05) is 18.6 Å². The van der Waals surface area contributed by atoms with Gasteiger partial charge in [0.05, 0.1) is 4.92 Å². The van der Waals surface area contributed by atoms with Gasteiger partial charge in [-0.1, -0.05) is 12.8 Å². The highest BCUT2D eigenvalue weighted by Crippen LogP contribution is 2.16. The van der Waals surface area contributed by atoms with Crippen molar-refractivity contribution in [2.45, 2.75) is 13.3 Å². The van der Waals surface area contributed by atoms with Crippen LogP contribution in [-0.2, 0) is 0 Å². The number of non-ortho nitro benzene ring substituents is 1. The quantitative estimate of drug-likeness (QED) is 0.432. The van der Waals surface area contributed by atoms with E-state index in [1.54, 1.807) is 12.1 Å². The van der Waals surface area contributed by atoms with Crippen molar-refractivity contribution < 1.29 is 9.66 Å². The number of benzene rings is 1. The van der Waals surface area contributed by atoms with Crippen LogP contribution in [0.15, 0.2) is 24.3 Å². The Bertz CT molecular complexity index is 387. The lowest BCUT2D eigenvalue weighted by Gasteiger charge is -2.00. The van der Waals surface area contributed by atoms with Crippen molar-refractivity contribution in [1.82, 2.24) is 0 Å². The first kappa shape index (κ1) is 11.1. The zero-order valence-corrected chi connectivity index (χ0v) is 8.40. The molecule has 0 radical (unpaired) electrons. The van der Waals surface area contributed by atoms with Gasteiger partial charge in [-0.3, -0.25) is 10.1 Å². The molecule has 0 aliphatic heterocycles. The van der Waals surface area contributed by atoms with E-state index in [0.29, 0.717) is 12.4 Å². The minimum Gasteiger partial charge on any atom is -0.481 e. The van der Waals surface area contributed by atoms with Crippen molar-refractivity contribution >= 4 is 5.69 Å². The van der Waals surface area contributed by atoms with Crippen LogP contribution in [0.5, 0.6) is 5.75 Å². The van der Waals surface area contributed by atoms with Crippen molar-refractivity contribution in [2.24, 2.45) is 0 Å². The number of hydrogen-bond donors (Lipinski definition) is 0. The molecule has 0 saturated carbocycles. The standard InChI is InChI=1S/C11H11NO3/c1-2-3-4-9-15-11-7-5-10(6-8-11)12(13)14/h5-8H,2,9H2,1H3. The lowest BCUT2D eigenvalue weighted by Crippen LogP contribution is -1.94. The summed E-state index contributed by atoms with van der Waals surface area (Å²) >= 11 is 0. The fourth-order valence-electron chi connectivity index (χ4n) is 0.960. The molecule has 0 atom stereocenters. The largest absolute Gasteiger partial charge is 0.481 e. The normalized spacial score (nSPS) is 8.87. The van der Waals surface area contributed by atoms with Crippen molar-refractivity contribution in [3.63, 3.8) is 0 Å². The molecule has 0 amide bonds. The van der Waals surface area contributed by atoms with Crippen molar-refractivity contribution in [3.05, 3.63) is 34.4 Å². The second-order valence-electron chi connectivity index (χ2n) is 2.75. The molecular formula is C11H11NO3. The summed E-state index contributed by atoms with van der Waals surface area (Å²) in [5.74, 6) is 6.27. The summed E-state index contributed by atoms with van der Waals surface area (Å²) < 4.78 is 5.25. The van der Waals surface area contributed by atoms with Crippen LogP contribution in [0.3, 0.4) is 0 Å². The molecule has 15 heavy (non-hydrogen) atoms. The molecule has 0 aromatic heterocycles. The van der Waals surface area contributed by atoms with Gasteiger partial charge in [0.2, 0.25) is 0 Å². The first-order chi connectivity index (χ1) is 7.24. The maximum Gasteiger partial charge on any atom is 0.269 e. The van der Waals surface area contributed by atoms with E-state index in [9.17, 15) is 10.1 Å². The van der Waals surface area contributed by atoms with Crippen LogP contribution in [0.25, 0.3) is 0 Å². The molecule has 78 valence electrons. The Morgan fingerprint density at radius 1 is 1.33 bits per heavy atom. The van der Waals surface area contributed by atoms with E-state index in [-0.39, 0.29) is 5.69 Å². The van der Waals surface area contributed by atoms with Crippen molar-refractivity contribution in [3.8, 4) is 17.6 Å². The highest BCUT2D eigenvalue weighted by Gasteiger charge is 2.03. The van der Waals surface area contributed by atoms with E-state index < -0.39 is 4.92 Å². The topological polar surface area (TPSA) is 52.4 Å². The average Bonchev–Trinajstić information content (AvgIpc) is 2.25. The second-order valence-corrected chi connectivity index (χ2v) is 2.75. The Hall–Kier alpha value is -2.02. The maximum absolute atomic E-state index is 10.4. The Morgan fingerprint density at radius 3 is 2.53 bits per heavy atom. The van der Waals surface area contributed by atoms with Crippen LogP contribution in [0.4, 0.5) is 5.69 Å². The molecule has 0 bridgehead atoms. The zero-order chi connectivity index (χ0) is 11.1. The van der Waals surface area contributed by atoms with Gasteiger partial charge in [-0.25, -0.2) is 0 Å². The van der Waals surface area contributed by atoms with E-state index in [1.807, 2.05) is 6.92 Å². The molecule has 0 saturated heterocycles. The van der Waals surface area contributed by atoms with Gasteiger partial charge < -0.3 is 4.74 Å². The summed E-state index contributed by atoms with van der Waals surface area (Å²) in [6, 6.07) is 5.93. The van der Waals surface area contributed by atoms with E-state index in [1.165, 1.54) is 12.1 Å². The van der Waals surface area contributed by atoms with Crippen molar-refractivity contribution in [1.29, 1.82) is 0 Å². The Labute approximate surface area is 88.0 Å². The van der Waals surface area contributed by atoms with E-state index in [4.69, 9.17) is 4.74 Å². The lowest BCUT2D eigenvalue weighted by atomic mass is 10.3. The van der Waals surface area contributed by atoms with Gasteiger partial charge in [-0.2, -0.15) is 0 Å². The van der Waals surface area contributed by atoms with E-state index in [2.05, 4.69) is 11.8 Å². The fraction of sp³-hybridized carbons (Fsp3) is 0.273. The van der Waals surface area contributed by atoms with Gasteiger partial charge in [0.1, 0.15) is 12.4 Å². The molecule has 1 rings (SSSR count). The Balaban J connectivity index is 2.53. The molecule has 0 aliphatic rings. The molecular weight excluding hydrogens is 194 g/mol. The molecule has 0 N–H and O–H groups in total. The van der Waals surface area contributed by atoms with Crippen LogP contribution in [0.1, 0.15) is 13.3 Å². The predicted molar refractivity (Wildman–Crippen MR) is 56.7 cm³/mol. The smallest absolute Gasteiger partial charge is 0.269 e. The van der Waals surface area contributed by atoms with E-state index >= 15 is 0 Å². The first-order valence-corrected chi connectivity index (χ1v) is 4.57. The van der Waals surface area contributed by atoms with Crippen LogP contribution in [0, 0.1) is 22.0 Å². The summed E-state index contributed by atoms with van der Waals surface area (Å²) in [4.78, 5) is 9.91. The van der Waals surface area contributed by atoms with Crippen LogP contribution in [-0.4, -0.2) is 11.5 Å². The minimum atomic E-state index is -0.444. The Morgan fingerprint density at radius 2 is 2.00 bits per heavy atom. The fourth-order valence-corrected chi connectivity index (χ4v) is 0.960. The molecule has 0 spiro atoms. The number of nitro benzene ring substituents is 1. The minimum absolute atomic E-state index is 0.0574. The summed E-state index contributed by atoms with van der Waals surface area (Å²) in [5.41, 5.74) is 0.0574. The lowest BCUT2D eigenvalue weighted by molar-refractivity contribution is -0.384. The monoisotopic (exact) mass is 205 g/mol. The molecule has 0 fully saturated rings. The summed E-state index contributed by atoms with van der Waals surface area (Å²) in [6.07, 6.45) is 0.795. The van der Waals surface area contributed by atoms with Gasteiger partial charge in [0.15, 0.2) is 0 Å². The third-order valence-corrected chi connectivity index (χ3v) is 1.66. The van der Waals surface area contributed by atoms with Gasteiger partial charge in [-0.15, -0.1) is 5.92 Å². The number of nitro groups is 1. The molecule has 0 unspecified atom stereocenters. The zero-order valence-electron chi connectivity index (χ0n) is 8.40. The van der Waals surface area contributed by atoms with Gasteiger partial charge in [-0.05, 0) is 12.1 Å². The average molecular weight is 205 g/mol. The number of nitrogens with zero attached hydrogens (tertiary/aromatic N) is 1. The third-order valence-electron chi connectivity index (χ3n) is 1.66. The second kappa shape index (κ2) is 5.66. The Kier molecular flexibility index (Phi) is 4.17. The van der Waals surface area contributed by atoms with Crippen LogP contribution >= 0.6 is 0 Å². The number of rotatable bonds is 3. The molecule has 4 nitrogen and oxygen atoms in total. The summed E-state index contributed by atoms with van der Waals surface area (Å²) in [5, 5.41) is 10.4.